The fourth-order valence-electron chi connectivity index (χ4n) is 2.43. The molecular weight excluding hydrogens is 352 g/mol. The van der Waals surface area contributed by atoms with Crippen molar-refractivity contribution in [3.8, 4) is 0 Å². The van der Waals surface area contributed by atoms with Gasteiger partial charge in [-0.05, 0) is 36.6 Å². The van der Waals surface area contributed by atoms with E-state index in [1.807, 2.05) is 29.1 Å². The van der Waals surface area contributed by atoms with Gasteiger partial charge in [0.15, 0.2) is 0 Å². The van der Waals surface area contributed by atoms with E-state index in [0.29, 0.717) is 17.5 Å². The second-order valence-electron chi connectivity index (χ2n) is 5.14. The molecule has 2 rings (SSSR count). The van der Waals surface area contributed by atoms with Crippen LogP contribution in [0.5, 0.6) is 0 Å². The molecule has 0 saturated heterocycles. The molecule has 0 aliphatic rings. The predicted octanol–water partition coefficient (Wildman–Crippen LogP) is 4.94. The second kappa shape index (κ2) is 7.43. The zero-order chi connectivity index (χ0) is 15.4. The lowest BCUT2D eigenvalue weighted by molar-refractivity contribution is 0.177. The van der Waals surface area contributed by atoms with Crippen LogP contribution in [0.2, 0.25) is 5.02 Å². The molecule has 21 heavy (non-hydrogen) atoms. The van der Waals surface area contributed by atoms with Crippen molar-refractivity contribution in [3.05, 3.63) is 51.2 Å². The maximum absolute atomic E-state index is 10.4. The maximum atomic E-state index is 10.4. The summed E-state index contributed by atoms with van der Waals surface area (Å²) in [6, 6.07) is 7.91. The van der Waals surface area contributed by atoms with Crippen LogP contribution in [0.4, 0.5) is 0 Å². The monoisotopic (exact) mass is 370 g/mol. The predicted molar refractivity (Wildman–Crippen MR) is 89.7 cm³/mol. The Morgan fingerprint density at radius 1 is 1.29 bits per heavy atom. The van der Waals surface area contributed by atoms with Crippen molar-refractivity contribution in [2.75, 3.05) is 0 Å². The average molecular weight is 372 g/mol. The Balaban J connectivity index is 2.11. The summed E-state index contributed by atoms with van der Waals surface area (Å²) in [5.41, 5.74) is 1.62. The number of rotatable bonds is 6. The first-order chi connectivity index (χ1) is 10.0. The molecule has 1 N–H and O–H groups in total. The number of nitrogens with zero attached hydrogens (tertiary/aromatic N) is 2. The third kappa shape index (κ3) is 4.09. The number of aliphatic hydroxyl groups excluding tert-OH is 1. The van der Waals surface area contributed by atoms with Crippen molar-refractivity contribution in [2.45, 2.75) is 45.3 Å². The van der Waals surface area contributed by atoms with Crippen molar-refractivity contribution in [1.29, 1.82) is 0 Å². The Hall–Kier alpha value is -0.840. The van der Waals surface area contributed by atoms with Crippen LogP contribution in [0, 0.1) is 0 Å². The summed E-state index contributed by atoms with van der Waals surface area (Å²) in [4.78, 5) is 0. The highest BCUT2D eigenvalue weighted by molar-refractivity contribution is 9.10. The molecule has 0 amide bonds. The Kier molecular flexibility index (Phi) is 5.85. The van der Waals surface area contributed by atoms with Crippen LogP contribution in [-0.2, 0) is 6.42 Å². The SMILES string of the molecule is CCC(CC)n1ccc(CC(O)c2ccc(Br)cc2Cl)n1. The molecule has 3 nitrogen and oxygen atoms in total. The third-order valence-electron chi connectivity index (χ3n) is 3.70. The Bertz CT molecular complexity index is 596. The van der Waals surface area contributed by atoms with Gasteiger partial charge in [0, 0.05) is 22.1 Å². The normalized spacial score (nSPS) is 12.9. The van der Waals surface area contributed by atoms with Crippen LogP contribution >= 0.6 is 27.5 Å². The highest BCUT2D eigenvalue weighted by Gasteiger charge is 2.15. The van der Waals surface area contributed by atoms with Crippen LogP contribution in [0.3, 0.4) is 0 Å². The van der Waals surface area contributed by atoms with E-state index in [9.17, 15) is 5.11 Å². The second-order valence-corrected chi connectivity index (χ2v) is 6.47. The van der Waals surface area contributed by atoms with Crippen LogP contribution in [0.25, 0.3) is 0 Å². The lowest BCUT2D eigenvalue weighted by Gasteiger charge is -2.13. The Labute approximate surface area is 139 Å². The average Bonchev–Trinajstić information content (AvgIpc) is 2.88. The first kappa shape index (κ1) is 16.5. The van der Waals surface area contributed by atoms with Gasteiger partial charge >= 0.3 is 0 Å². The number of hydrogen-bond donors (Lipinski definition) is 1. The molecule has 1 aromatic carbocycles. The Morgan fingerprint density at radius 2 is 2.00 bits per heavy atom. The number of halogens is 2. The van der Waals surface area contributed by atoms with Gasteiger partial charge in [-0.15, -0.1) is 0 Å². The van der Waals surface area contributed by atoms with E-state index in [0.717, 1.165) is 28.6 Å². The summed E-state index contributed by atoms with van der Waals surface area (Å²) in [5, 5.41) is 15.5. The van der Waals surface area contributed by atoms with Gasteiger partial charge in [-0.3, -0.25) is 4.68 Å². The largest absolute Gasteiger partial charge is 0.388 e. The molecule has 0 fully saturated rings. The number of hydrogen-bond acceptors (Lipinski definition) is 2. The first-order valence-corrected chi connectivity index (χ1v) is 8.39. The summed E-state index contributed by atoms with van der Waals surface area (Å²) < 4.78 is 2.90. The van der Waals surface area contributed by atoms with E-state index in [-0.39, 0.29) is 0 Å². The van der Waals surface area contributed by atoms with Crippen molar-refractivity contribution in [1.82, 2.24) is 9.78 Å². The minimum atomic E-state index is -0.643. The van der Waals surface area contributed by atoms with Gasteiger partial charge in [-0.25, -0.2) is 0 Å². The minimum Gasteiger partial charge on any atom is -0.388 e. The lowest BCUT2D eigenvalue weighted by atomic mass is 10.1. The fraction of sp³-hybridized carbons (Fsp3) is 0.438. The molecule has 5 heteroatoms. The Morgan fingerprint density at radius 3 is 2.62 bits per heavy atom. The van der Waals surface area contributed by atoms with E-state index >= 15 is 0 Å². The molecule has 0 aliphatic carbocycles. The molecule has 0 saturated carbocycles. The van der Waals surface area contributed by atoms with E-state index in [1.165, 1.54) is 0 Å². The topological polar surface area (TPSA) is 38.0 Å². The van der Waals surface area contributed by atoms with Gasteiger partial charge in [-0.2, -0.15) is 5.10 Å². The van der Waals surface area contributed by atoms with Crippen LogP contribution in [-0.4, -0.2) is 14.9 Å². The van der Waals surface area contributed by atoms with Crippen molar-refractivity contribution in [2.24, 2.45) is 0 Å². The van der Waals surface area contributed by atoms with Gasteiger partial charge in [0.2, 0.25) is 0 Å². The van der Waals surface area contributed by atoms with Gasteiger partial charge in [0.05, 0.1) is 17.8 Å². The molecule has 0 radical (unpaired) electrons. The smallest absolute Gasteiger partial charge is 0.0860 e. The van der Waals surface area contributed by atoms with Crippen molar-refractivity contribution < 1.29 is 5.11 Å². The summed E-state index contributed by atoms with van der Waals surface area (Å²) >= 11 is 9.54. The number of benzene rings is 1. The van der Waals surface area contributed by atoms with E-state index < -0.39 is 6.10 Å². The standard InChI is InChI=1S/C16H20BrClN2O/c1-3-13(4-2)20-8-7-12(19-20)10-16(21)14-6-5-11(17)9-15(14)18/h5-9,13,16,21H,3-4,10H2,1-2H3. The minimum absolute atomic E-state index is 0.423. The zero-order valence-corrected chi connectivity index (χ0v) is 14.6. The first-order valence-electron chi connectivity index (χ1n) is 7.22. The van der Waals surface area contributed by atoms with Crippen LogP contribution in [0.15, 0.2) is 34.9 Å². The summed E-state index contributed by atoms with van der Waals surface area (Å²) in [6.07, 6.45) is 3.92. The maximum Gasteiger partial charge on any atom is 0.0860 e. The molecule has 0 bridgehead atoms. The fourth-order valence-corrected chi connectivity index (χ4v) is 3.23. The molecule has 1 aromatic heterocycles. The molecule has 0 spiro atoms. The zero-order valence-electron chi connectivity index (χ0n) is 12.3. The van der Waals surface area contributed by atoms with Gasteiger partial charge < -0.3 is 5.11 Å². The molecule has 1 unspecified atom stereocenters. The van der Waals surface area contributed by atoms with E-state index in [2.05, 4.69) is 34.9 Å². The highest BCUT2D eigenvalue weighted by Crippen LogP contribution is 2.28. The molecular formula is C16H20BrClN2O. The summed E-state index contributed by atoms with van der Waals surface area (Å²) in [7, 11) is 0. The molecule has 2 aromatic rings. The quantitative estimate of drug-likeness (QED) is 0.781. The van der Waals surface area contributed by atoms with Crippen molar-refractivity contribution >= 4 is 27.5 Å². The highest BCUT2D eigenvalue weighted by atomic mass is 79.9. The third-order valence-corrected chi connectivity index (χ3v) is 4.52. The van der Waals surface area contributed by atoms with Gasteiger partial charge in [0.1, 0.15) is 0 Å². The van der Waals surface area contributed by atoms with Gasteiger partial charge in [0.25, 0.3) is 0 Å². The van der Waals surface area contributed by atoms with Crippen LogP contribution in [0.1, 0.15) is 50.1 Å². The lowest BCUT2D eigenvalue weighted by Crippen LogP contribution is -2.09. The van der Waals surface area contributed by atoms with Crippen molar-refractivity contribution in [3.63, 3.8) is 0 Å². The molecule has 1 atom stereocenters. The molecule has 0 aliphatic heterocycles. The number of aromatic nitrogens is 2. The van der Waals surface area contributed by atoms with E-state index in [1.54, 1.807) is 6.07 Å². The van der Waals surface area contributed by atoms with Gasteiger partial charge in [-0.1, -0.05) is 47.4 Å². The van der Waals surface area contributed by atoms with Crippen LogP contribution < -0.4 is 0 Å². The molecule has 1 heterocycles. The number of aliphatic hydroxyl groups is 1. The van der Waals surface area contributed by atoms with E-state index in [4.69, 9.17) is 11.6 Å². The summed E-state index contributed by atoms with van der Waals surface area (Å²) in [5.74, 6) is 0. The molecule has 114 valence electrons. The summed E-state index contributed by atoms with van der Waals surface area (Å²) in [6.45, 7) is 4.32.